The van der Waals surface area contributed by atoms with Crippen molar-refractivity contribution in [2.24, 2.45) is 11.8 Å². The normalized spacial score (nSPS) is 21.1. The minimum atomic E-state index is 0. The number of rotatable bonds is 7. The molecular weight excluding hydrogens is 340 g/mol. The Hall–Kier alpha value is -1.30. The van der Waals surface area contributed by atoms with Crippen LogP contribution in [0.5, 0.6) is 5.75 Å². The zero-order valence-electron chi connectivity index (χ0n) is 15.1. The van der Waals surface area contributed by atoms with Gasteiger partial charge in [-0.1, -0.05) is 19.1 Å². The van der Waals surface area contributed by atoms with Crippen molar-refractivity contribution in [3.63, 3.8) is 0 Å². The van der Waals surface area contributed by atoms with Gasteiger partial charge in [-0.2, -0.15) is 0 Å². The van der Waals surface area contributed by atoms with Gasteiger partial charge in [0.25, 0.3) is 0 Å². The van der Waals surface area contributed by atoms with Gasteiger partial charge in [-0.3, -0.25) is 4.79 Å². The molecule has 0 spiro atoms. The van der Waals surface area contributed by atoms with Crippen molar-refractivity contribution in [1.29, 1.82) is 0 Å². The number of methoxy groups -OCH3 is 1. The molecule has 1 amide bonds. The van der Waals surface area contributed by atoms with Crippen LogP contribution in [0.2, 0.25) is 0 Å². The first kappa shape index (κ1) is 20.0. The molecular formula is C19H29ClN2O3. The highest BCUT2D eigenvalue weighted by Gasteiger charge is 2.33. The average Bonchev–Trinajstić information content (AvgIpc) is 3.05. The molecule has 2 unspecified atom stereocenters. The third-order valence-corrected chi connectivity index (χ3v) is 5.18. The molecule has 2 heterocycles. The van der Waals surface area contributed by atoms with Crippen LogP contribution in [0.25, 0.3) is 0 Å². The number of amides is 1. The largest absolute Gasteiger partial charge is 0.497 e. The number of benzene rings is 1. The monoisotopic (exact) mass is 368 g/mol. The Kier molecular flexibility index (Phi) is 7.54. The molecule has 1 N–H and O–H groups in total. The fraction of sp³-hybridized carbons (Fsp3) is 0.632. The molecule has 2 fully saturated rings. The molecule has 2 aliphatic rings. The van der Waals surface area contributed by atoms with E-state index in [9.17, 15) is 4.79 Å². The zero-order valence-corrected chi connectivity index (χ0v) is 15.9. The topological polar surface area (TPSA) is 50.8 Å². The number of halogens is 1. The molecule has 25 heavy (non-hydrogen) atoms. The second kappa shape index (κ2) is 9.41. The molecule has 140 valence electrons. The Morgan fingerprint density at radius 1 is 1.44 bits per heavy atom. The number of hydrogen-bond donors (Lipinski definition) is 1. The Morgan fingerprint density at radius 2 is 2.24 bits per heavy atom. The number of nitrogens with one attached hydrogen (secondary N) is 1. The lowest BCUT2D eigenvalue weighted by Gasteiger charge is -2.36. The fourth-order valence-electron chi connectivity index (χ4n) is 3.41. The van der Waals surface area contributed by atoms with Crippen LogP contribution in [0.15, 0.2) is 24.3 Å². The fourth-order valence-corrected chi connectivity index (χ4v) is 3.41. The maximum absolute atomic E-state index is 13.0. The van der Waals surface area contributed by atoms with E-state index in [1.54, 1.807) is 7.11 Å². The first-order valence-corrected chi connectivity index (χ1v) is 8.91. The summed E-state index contributed by atoms with van der Waals surface area (Å²) >= 11 is 0. The first-order chi connectivity index (χ1) is 11.7. The summed E-state index contributed by atoms with van der Waals surface area (Å²) in [5.74, 6) is 1.57. The van der Waals surface area contributed by atoms with Crippen LogP contribution in [-0.2, 0) is 16.1 Å². The van der Waals surface area contributed by atoms with Gasteiger partial charge in [0.2, 0.25) is 5.91 Å². The summed E-state index contributed by atoms with van der Waals surface area (Å²) in [7, 11) is 1.67. The van der Waals surface area contributed by atoms with E-state index < -0.39 is 0 Å². The van der Waals surface area contributed by atoms with Crippen LogP contribution in [-0.4, -0.2) is 50.3 Å². The highest BCUT2D eigenvalue weighted by Crippen LogP contribution is 2.23. The van der Waals surface area contributed by atoms with E-state index in [-0.39, 0.29) is 30.3 Å². The third-order valence-electron chi connectivity index (χ3n) is 5.18. The van der Waals surface area contributed by atoms with Gasteiger partial charge in [-0.05, 0) is 49.5 Å². The van der Waals surface area contributed by atoms with Gasteiger partial charge in [0.1, 0.15) is 5.75 Å². The summed E-state index contributed by atoms with van der Waals surface area (Å²) in [6, 6.07) is 7.96. The van der Waals surface area contributed by atoms with Gasteiger partial charge in [0, 0.05) is 25.6 Å². The molecule has 1 aromatic carbocycles. The highest BCUT2D eigenvalue weighted by molar-refractivity contribution is 5.85. The minimum absolute atomic E-state index is 0. The van der Waals surface area contributed by atoms with E-state index in [0.717, 1.165) is 43.9 Å². The second-order valence-electron chi connectivity index (χ2n) is 6.91. The Bertz CT molecular complexity index is 559. The van der Waals surface area contributed by atoms with Gasteiger partial charge in [0.05, 0.1) is 13.2 Å². The highest BCUT2D eigenvalue weighted by atomic mass is 35.5. The van der Waals surface area contributed by atoms with Crippen LogP contribution in [0.1, 0.15) is 25.3 Å². The summed E-state index contributed by atoms with van der Waals surface area (Å²) in [5, 5.41) is 3.26. The van der Waals surface area contributed by atoms with Crippen LogP contribution in [0.4, 0.5) is 0 Å². The summed E-state index contributed by atoms with van der Waals surface area (Å²) < 4.78 is 11.1. The summed E-state index contributed by atoms with van der Waals surface area (Å²) in [6.07, 6.45) is 2.31. The van der Waals surface area contributed by atoms with E-state index in [4.69, 9.17) is 9.47 Å². The standard InChI is InChI=1S/C19H28N2O3.ClH/c1-14(16-10-20-11-16)19(22)21(13-18-7-4-8-24-18)12-15-5-3-6-17(9-15)23-2;/h3,5-6,9,14,16,18,20H,4,7-8,10-13H2,1-2H3;1H. The van der Waals surface area contributed by atoms with Crippen molar-refractivity contribution < 1.29 is 14.3 Å². The zero-order chi connectivity index (χ0) is 16.9. The number of hydrogen-bond acceptors (Lipinski definition) is 4. The maximum Gasteiger partial charge on any atom is 0.226 e. The molecule has 0 radical (unpaired) electrons. The van der Waals surface area contributed by atoms with E-state index in [1.165, 1.54) is 0 Å². The van der Waals surface area contributed by atoms with Crippen LogP contribution in [0.3, 0.4) is 0 Å². The molecule has 2 atom stereocenters. The van der Waals surface area contributed by atoms with E-state index in [0.29, 0.717) is 19.0 Å². The molecule has 5 nitrogen and oxygen atoms in total. The number of carbonyl (C=O) groups excluding carboxylic acids is 1. The number of carbonyl (C=O) groups is 1. The van der Waals surface area contributed by atoms with Crippen LogP contribution >= 0.6 is 12.4 Å². The summed E-state index contributed by atoms with van der Waals surface area (Å²) in [6.45, 7) is 6.05. The molecule has 6 heteroatoms. The Balaban J connectivity index is 0.00000225. The van der Waals surface area contributed by atoms with Gasteiger partial charge in [-0.15, -0.1) is 12.4 Å². The predicted octanol–water partition coefficient (Wildman–Crippen LogP) is 2.48. The number of nitrogens with zero attached hydrogens (tertiary/aromatic N) is 1. The van der Waals surface area contributed by atoms with Gasteiger partial charge >= 0.3 is 0 Å². The van der Waals surface area contributed by atoms with E-state index >= 15 is 0 Å². The van der Waals surface area contributed by atoms with E-state index in [1.807, 2.05) is 29.2 Å². The third kappa shape index (κ3) is 5.09. The maximum atomic E-state index is 13.0. The summed E-state index contributed by atoms with van der Waals surface area (Å²) in [5.41, 5.74) is 1.10. The molecule has 0 aromatic heterocycles. The molecule has 3 rings (SSSR count). The Morgan fingerprint density at radius 3 is 2.84 bits per heavy atom. The van der Waals surface area contributed by atoms with Gasteiger partial charge in [0.15, 0.2) is 0 Å². The Labute approximate surface area is 156 Å². The van der Waals surface area contributed by atoms with Crippen molar-refractivity contribution in [3.05, 3.63) is 29.8 Å². The van der Waals surface area contributed by atoms with E-state index in [2.05, 4.69) is 12.2 Å². The SMILES string of the molecule is COc1cccc(CN(CC2CCCO2)C(=O)C(C)C2CNC2)c1.Cl. The van der Waals surface area contributed by atoms with Crippen molar-refractivity contribution in [1.82, 2.24) is 10.2 Å². The molecule has 2 saturated heterocycles. The molecule has 0 aliphatic carbocycles. The molecule has 2 aliphatic heterocycles. The van der Waals surface area contributed by atoms with Crippen LogP contribution < -0.4 is 10.1 Å². The minimum Gasteiger partial charge on any atom is -0.497 e. The predicted molar refractivity (Wildman–Crippen MR) is 100 cm³/mol. The summed E-state index contributed by atoms with van der Waals surface area (Å²) in [4.78, 5) is 15.0. The molecule has 0 saturated carbocycles. The quantitative estimate of drug-likeness (QED) is 0.803. The van der Waals surface area contributed by atoms with Crippen LogP contribution in [0, 0.1) is 11.8 Å². The lowest BCUT2D eigenvalue weighted by Crippen LogP contribution is -2.51. The van der Waals surface area contributed by atoms with Crippen molar-refractivity contribution in [2.75, 3.05) is 33.4 Å². The molecule has 0 bridgehead atoms. The van der Waals surface area contributed by atoms with Crippen molar-refractivity contribution in [2.45, 2.75) is 32.4 Å². The average molecular weight is 369 g/mol. The lowest BCUT2D eigenvalue weighted by atomic mass is 9.87. The number of ether oxygens (including phenoxy) is 2. The van der Waals surface area contributed by atoms with Gasteiger partial charge < -0.3 is 19.7 Å². The van der Waals surface area contributed by atoms with Crippen molar-refractivity contribution >= 4 is 18.3 Å². The first-order valence-electron chi connectivity index (χ1n) is 8.91. The van der Waals surface area contributed by atoms with Gasteiger partial charge in [-0.25, -0.2) is 0 Å². The van der Waals surface area contributed by atoms with Crippen molar-refractivity contribution in [3.8, 4) is 5.75 Å². The second-order valence-corrected chi connectivity index (χ2v) is 6.91. The lowest BCUT2D eigenvalue weighted by molar-refractivity contribution is -0.139. The smallest absolute Gasteiger partial charge is 0.226 e. The molecule has 1 aromatic rings.